The van der Waals surface area contributed by atoms with Crippen LogP contribution in [0.5, 0.6) is 5.75 Å². The normalized spacial score (nSPS) is 17.1. The molecule has 0 saturated carbocycles. The van der Waals surface area contributed by atoms with Gasteiger partial charge in [0, 0.05) is 32.7 Å². The predicted octanol–water partition coefficient (Wildman–Crippen LogP) is 2.15. The van der Waals surface area contributed by atoms with Crippen LogP contribution in [0.25, 0.3) is 0 Å². The van der Waals surface area contributed by atoms with Crippen LogP contribution in [0.1, 0.15) is 24.2 Å². The maximum absolute atomic E-state index is 12.4. The summed E-state index contributed by atoms with van der Waals surface area (Å²) in [4.78, 5) is 17.1. The number of ether oxygens (including phenoxy) is 1. The van der Waals surface area contributed by atoms with Gasteiger partial charge in [0.2, 0.25) is 0 Å². The Morgan fingerprint density at radius 1 is 1.14 bits per heavy atom. The number of Topliss-reactive ketones (excluding diaryl/α,β-unsaturated/α-hetero) is 1. The third-order valence-corrected chi connectivity index (χ3v) is 3.86. The molecular formula is C17H26N2O2. The van der Waals surface area contributed by atoms with E-state index in [0.717, 1.165) is 32.7 Å². The number of benzene rings is 1. The Balaban J connectivity index is 1.87. The molecule has 1 aromatic carbocycles. The fourth-order valence-corrected chi connectivity index (χ4v) is 2.81. The van der Waals surface area contributed by atoms with E-state index < -0.39 is 0 Å². The van der Waals surface area contributed by atoms with E-state index in [2.05, 4.69) is 23.6 Å². The van der Waals surface area contributed by atoms with Crippen molar-refractivity contribution in [1.82, 2.24) is 9.80 Å². The molecule has 1 fully saturated rings. The number of hydrogen-bond donors (Lipinski definition) is 0. The molecule has 0 N–H and O–H groups in total. The smallest absolute Gasteiger partial charge is 0.180 e. The fourth-order valence-electron chi connectivity index (χ4n) is 2.81. The topological polar surface area (TPSA) is 32.8 Å². The molecule has 21 heavy (non-hydrogen) atoms. The Kier molecular flexibility index (Phi) is 5.76. The second-order valence-corrected chi connectivity index (χ2v) is 6.09. The van der Waals surface area contributed by atoms with Gasteiger partial charge in [-0.05, 0) is 18.1 Å². The highest BCUT2D eigenvalue weighted by Gasteiger charge is 2.21. The van der Waals surface area contributed by atoms with E-state index in [-0.39, 0.29) is 5.78 Å². The zero-order valence-electron chi connectivity index (χ0n) is 13.3. The molecule has 0 aliphatic carbocycles. The van der Waals surface area contributed by atoms with Crippen molar-refractivity contribution in [1.29, 1.82) is 0 Å². The number of carbonyl (C=O) groups excluding carboxylic acids is 1. The molecule has 1 aromatic rings. The largest absolute Gasteiger partial charge is 0.496 e. The second-order valence-electron chi connectivity index (χ2n) is 6.09. The molecule has 0 bridgehead atoms. The predicted molar refractivity (Wildman–Crippen MR) is 85.0 cm³/mol. The van der Waals surface area contributed by atoms with Crippen molar-refractivity contribution in [2.45, 2.75) is 13.8 Å². The van der Waals surface area contributed by atoms with Gasteiger partial charge in [-0.3, -0.25) is 9.69 Å². The van der Waals surface area contributed by atoms with Crippen molar-refractivity contribution < 1.29 is 9.53 Å². The van der Waals surface area contributed by atoms with Crippen LogP contribution in [-0.4, -0.2) is 62.0 Å². The zero-order valence-corrected chi connectivity index (χ0v) is 13.3. The Hall–Kier alpha value is -1.39. The highest BCUT2D eigenvalue weighted by molar-refractivity contribution is 6.00. The van der Waals surface area contributed by atoms with Crippen LogP contribution in [0.15, 0.2) is 24.3 Å². The molecule has 0 amide bonds. The van der Waals surface area contributed by atoms with E-state index >= 15 is 0 Å². The van der Waals surface area contributed by atoms with Gasteiger partial charge in [-0.15, -0.1) is 0 Å². The first-order chi connectivity index (χ1) is 10.1. The van der Waals surface area contributed by atoms with E-state index in [1.807, 2.05) is 24.3 Å². The highest BCUT2D eigenvalue weighted by atomic mass is 16.5. The lowest BCUT2D eigenvalue weighted by atomic mass is 10.1. The number of rotatable bonds is 6. The molecule has 0 spiro atoms. The lowest BCUT2D eigenvalue weighted by Gasteiger charge is -2.35. The monoisotopic (exact) mass is 290 g/mol. The molecule has 4 heteroatoms. The number of methoxy groups -OCH3 is 1. The van der Waals surface area contributed by atoms with Crippen LogP contribution in [-0.2, 0) is 0 Å². The number of piperazine rings is 1. The molecule has 116 valence electrons. The van der Waals surface area contributed by atoms with E-state index in [4.69, 9.17) is 4.74 Å². The van der Waals surface area contributed by atoms with E-state index in [1.165, 1.54) is 0 Å². The van der Waals surface area contributed by atoms with Crippen LogP contribution in [0.2, 0.25) is 0 Å². The summed E-state index contributed by atoms with van der Waals surface area (Å²) in [6.07, 6.45) is 0. The lowest BCUT2D eigenvalue weighted by molar-refractivity contribution is 0.0835. The van der Waals surface area contributed by atoms with E-state index in [9.17, 15) is 4.79 Å². The summed E-state index contributed by atoms with van der Waals surface area (Å²) >= 11 is 0. The first-order valence-corrected chi connectivity index (χ1v) is 7.71. The molecule has 0 aromatic heterocycles. The molecule has 2 rings (SSSR count). The van der Waals surface area contributed by atoms with Crippen molar-refractivity contribution in [3.63, 3.8) is 0 Å². The maximum atomic E-state index is 12.4. The lowest BCUT2D eigenvalue weighted by Crippen LogP contribution is -2.48. The van der Waals surface area contributed by atoms with Crippen molar-refractivity contribution in [3.8, 4) is 5.75 Å². The van der Waals surface area contributed by atoms with Gasteiger partial charge in [0.05, 0.1) is 19.2 Å². The van der Waals surface area contributed by atoms with Gasteiger partial charge in [-0.1, -0.05) is 26.0 Å². The van der Waals surface area contributed by atoms with Gasteiger partial charge in [0.25, 0.3) is 0 Å². The third kappa shape index (κ3) is 4.55. The minimum atomic E-state index is 0.143. The summed E-state index contributed by atoms with van der Waals surface area (Å²) < 4.78 is 5.27. The summed E-state index contributed by atoms with van der Waals surface area (Å²) in [5.74, 6) is 1.51. The Morgan fingerprint density at radius 3 is 2.38 bits per heavy atom. The summed E-state index contributed by atoms with van der Waals surface area (Å²) in [5.41, 5.74) is 0.685. The van der Waals surface area contributed by atoms with Gasteiger partial charge in [0.1, 0.15) is 5.75 Å². The van der Waals surface area contributed by atoms with E-state index in [0.29, 0.717) is 23.8 Å². The minimum Gasteiger partial charge on any atom is -0.496 e. The Morgan fingerprint density at radius 2 is 1.76 bits per heavy atom. The average Bonchev–Trinajstić information content (AvgIpc) is 2.48. The maximum Gasteiger partial charge on any atom is 0.180 e. The minimum absolute atomic E-state index is 0.143. The number of ketones is 1. The molecule has 1 saturated heterocycles. The van der Waals surface area contributed by atoms with Crippen molar-refractivity contribution in [2.75, 3.05) is 46.4 Å². The quantitative estimate of drug-likeness (QED) is 0.752. The van der Waals surface area contributed by atoms with Crippen LogP contribution < -0.4 is 4.74 Å². The third-order valence-electron chi connectivity index (χ3n) is 3.86. The molecule has 4 nitrogen and oxygen atoms in total. The van der Waals surface area contributed by atoms with Crippen molar-refractivity contribution in [3.05, 3.63) is 29.8 Å². The van der Waals surface area contributed by atoms with Gasteiger partial charge in [0.15, 0.2) is 5.78 Å². The molecular weight excluding hydrogens is 264 g/mol. The SMILES string of the molecule is COc1ccccc1C(=O)CN1CCN(CC(C)C)CC1. The van der Waals surface area contributed by atoms with Gasteiger partial charge < -0.3 is 9.64 Å². The number of nitrogens with zero attached hydrogens (tertiary/aromatic N) is 2. The van der Waals surface area contributed by atoms with Crippen LogP contribution in [0.3, 0.4) is 0 Å². The summed E-state index contributed by atoms with van der Waals surface area (Å²) in [5, 5.41) is 0. The number of carbonyl (C=O) groups is 1. The van der Waals surface area contributed by atoms with Crippen LogP contribution in [0.4, 0.5) is 0 Å². The Bertz CT molecular complexity index is 466. The molecule has 1 heterocycles. The van der Waals surface area contributed by atoms with Crippen LogP contribution in [0, 0.1) is 5.92 Å². The number of hydrogen-bond acceptors (Lipinski definition) is 4. The van der Waals surface area contributed by atoms with Gasteiger partial charge in [-0.2, -0.15) is 0 Å². The summed E-state index contributed by atoms with van der Waals surface area (Å²) in [7, 11) is 1.61. The Labute approximate surface area is 127 Å². The molecule has 1 aliphatic heterocycles. The first-order valence-electron chi connectivity index (χ1n) is 7.71. The molecule has 0 unspecified atom stereocenters. The first kappa shape index (κ1) is 16.0. The van der Waals surface area contributed by atoms with Gasteiger partial charge >= 0.3 is 0 Å². The zero-order chi connectivity index (χ0) is 15.2. The average molecular weight is 290 g/mol. The van der Waals surface area contributed by atoms with Crippen molar-refractivity contribution in [2.24, 2.45) is 5.92 Å². The fraction of sp³-hybridized carbons (Fsp3) is 0.588. The summed E-state index contributed by atoms with van der Waals surface area (Å²) in [6.45, 7) is 10.2. The standard InChI is InChI=1S/C17H26N2O2/c1-14(2)12-18-8-10-19(11-9-18)13-16(20)15-6-4-5-7-17(15)21-3/h4-7,14H,8-13H2,1-3H3. The highest BCUT2D eigenvalue weighted by Crippen LogP contribution is 2.18. The molecule has 1 aliphatic rings. The molecule has 0 atom stereocenters. The van der Waals surface area contributed by atoms with Crippen molar-refractivity contribution >= 4 is 5.78 Å². The second kappa shape index (κ2) is 7.57. The molecule has 0 radical (unpaired) electrons. The van der Waals surface area contributed by atoms with Gasteiger partial charge in [-0.25, -0.2) is 0 Å². The summed E-state index contributed by atoms with van der Waals surface area (Å²) in [6, 6.07) is 7.46. The number of para-hydroxylation sites is 1. The van der Waals surface area contributed by atoms with E-state index in [1.54, 1.807) is 7.11 Å². The van der Waals surface area contributed by atoms with Crippen LogP contribution >= 0.6 is 0 Å².